The molecule has 0 saturated heterocycles. The number of hydrogen-bond donors (Lipinski definition) is 1. The third-order valence-electron chi connectivity index (χ3n) is 3.08. The molecule has 0 unspecified atom stereocenters. The topological polar surface area (TPSA) is 36.4 Å². The Morgan fingerprint density at radius 3 is 2.50 bits per heavy atom. The SMILES string of the molecule is Cc1ccccc1N(C)c1ncc(CO)cc1C. The monoisotopic (exact) mass is 242 g/mol. The van der Waals surface area contributed by atoms with Crippen molar-refractivity contribution in [2.75, 3.05) is 11.9 Å². The molecule has 1 aromatic carbocycles. The minimum atomic E-state index is 0.0300. The molecule has 0 amide bonds. The molecule has 0 atom stereocenters. The van der Waals surface area contributed by atoms with Crippen LogP contribution in [0.4, 0.5) is 11.5 Å². The van der Waals surface area contributed by atoms with E-state index in [-0.39, 0.29) is 6.61 Å². The summed E-state index contributed by atoms with van der Waals surface area (Å²) in [4.78, 5) is 6.51. The van der Waals surface area contributed by atoms with Crippen molar-refractivity contribution in [2.24, 2.45) is 0 Å². The lowest BCUT2D eigenvalue weighted by molar-refractivity contribution is 0.281. The van der Waals surface area contributed by atoms with Gasteiger partial charge in [-0.2, -0.15) is 0 Å². The van der Waals surface area contributed by atoms with E-state index in [9.17, 15) is 0 Å². The molecule has 1 N–H and O–H groups in total. The predicted octanol–water partition coefficient (Wildman–Crippen LogP) is 2.96. The molecule has 0 aliphatic rings. The predicted molar refractivity (Wildman–Crippen MR) is 74.1 cm³/mol. The molecule has 0 fully saturated rings. The summed E-state index contributed by atoms with van der Waals surface area (Å²) in [6, 6.07) is 10.2. The van der Waals surface area contributed by atoms with Gasteiger partial charge in [-0.05, 0) is 42.7 Å². The first-order chi connectivity index (χ1) is 8.63. The zero-order valence-electron chi connectivity index (χ0n) is 11.0. The smallest absolute Gasteiger partial charge is 0.135 e. The van der Waals surface area contributed by atoms with Crippen LogP contribution in [0.3, 0.4) is 0 Å². The fraction of sp³-hybridized carbons (Fsp3) is 0.267. The van der Waals surface area contributed by atoms with Crippen molar-refractivity contribution in [1.82, 2.24) is 4.98 Å². The highest BCUT2D eigenvalue weighted by Gasteiger charge is 2.10. The molecule has 0 bridgehead atoms. The quantitative estimate of drug-likeness (QED) is 0.899. The number of benzene rings is 1. The van der Waals surface area contributed by atoms with Crippen LogP contribution in [0.2, 0.25) is 0 Å². The van der Waals surface area contributed by atoms with Crippen molar-refractivity contribution >= 4 is 11.5 Å². The highest BCUT2D eigenvalue weighted by atomic mass is 16.3. The first-order valence-electron chi connectivity index (χ1n) is 5.99. The van der Waals surface area contributed by atoms with Crippen molar-refractivity contribution < 1.29 is 5.11 Å². The van der Waals surface area contributed by atoms with Crippen molar-refractivity contribution in [2.45, 2.75) is 20.5 Å². The van der Waals surface area contributed by atoms with E-state index in [1.165, 1.54) is 5.56 Å². The second-order valence-electron chi connectivity index (χ2n) is 4.49. The highest BCUT2D eigenvalue weighted by Crippen LogP contribution is 2.27. The average Bonchev–Trinajstić information content (AvgIpc) is 2.38. The average molecular weight is 242 g/mol. The van der Waals surface area contributed by atoms with Gasteiger partial charge in [0, 0.05) is 18.9 Å². The van der Waals surface area contributed by atoms with Gasteiger partial charge in [-0.15, -0.1) is 0 Å². The molecule has 0 radical (unpaired) electrons. The molecular formula is C15H18N2O. The van der Waals surface area contributed by atoms with E-state index in [1.807, 2.05) is 32.2 Å². The molecule has 1 heterocycles. The lowest BCUT2D eigenvalue weighted by Crippen LogP contribution is -2.14. The van der Waals surface area contributed by atoms with Gasteiger partial charge in [0.05, 0.1) is 6.61 Å². The second kappa shape index (κ2) is 5.19. The maximum Gasteiger partial charge on any atom is 0.135 e. The van der Waals surface area contributed by atoms with Gasteiger partial charge in [0.2, 0.25) is 0 Å². The molecule has 0 saturated carbocycles. The molecule has 2 rings (SSSR count). The van der Waals surface area contributed by atoms with Gasteiger partial charge in [-0.3, -0.25) is 0 Å². The first-order valence-corrected chi connectivity index (χ1v) is 5.99. The van der Waals surface area contributed by atoms with Crippen LogP contribution in [0, 0.1) is 13.8 Å². The van der Waals surface area contributed by atoms with Crippen molar-refractivity contribution in [3.63, 3.8) is 0 Å². The van der Waals surface area contributed by atoms with Crippen LogP contribution in [0.15, 0.2) is 36.5 Å². The van der Waals surface area contributed by atoms with Crippen LogP contribution in [0.5, 0.6) is 0 Å². The van der Waals surface area contributed by atoms with Crippen LogP contribution in [-0.4, -0.2) is 17.1 Å². The molecule has 3 nitrogen and oxygen atoms in total. The molecule has 18 heavy (non-hydrogen) atoms. The summed E-state index contributed by atoms with van der Waals surface area (Å²) in [5.74, 6) is 0.918. The van der Waals surface area contributed by atoms with Crippen LogP contribution >= 0.6 is 0 Å². The fourth-order valence-corrected chi connectivity index (χ4v) is 2.12. The van der Waals surface area contributed by atoms with Gasteiger partial charge < -0.3 is 10.0 Å². The van der Waals surface area contributed by atoms with Gasteiger partial charge in [-0.25, -0.2) is 4.98 Å². The molecule has 0 spiro atoms. The van der Waals surface area contributed by atoms with E-state index in [2.05, 4.69) is 28.9 Å². The lowest BCUT2D eigenvalue weighted by Gasteiger charge is -2.22. The van der Waals surface area contributed by atoms with E-state index in [4.69, 9.17) is 5.11 Å². The highest BCUT2D eigenvalue weighted by molar-refractivity contribution is 5.65. The number of rotatable bonds is 3. The molecule has 0 aliphatic heterocycles. The van der Waals surface area contributed by atoms with E-state index >= 15 is 0 Å². The maximum atomic E-state index is 9.10. The van der Waals surface area contributed by atoms with Crippen LogP contribution < -0.4 is 4.90 Å². The summed E-state index contributed by atoms with van der Waals surface area (Å²) in [5, 5.41) is 9.10. The third-order valence-corrected chi connectivity index (χ3v) is 3.08. The molecule has 94 valence electrons. The summed E-state index contributed by atoms with van der Waals surface area (Å²) in [6.07, 6.45) is 1.72. The van der Waals surface area contributed by atoms with Crippen molar-refractivity contribution in [1.29, 1.82) is 0 Å². The zero-order chi connectivity index (χ0) is 13.1. The number of para-hydroxylation sites is 1. The zero-order valence-corrected chi connectivity index (χ0v) is 11.0. The Labute approximate surface area is 108 Å². The van der Waals surface area contributed by atoms with Crippen LogP contribution in [-0.2, 0) is 6.61 Å². The molecule has 2 aromatic rings. The molecule has 3 heteroatoms. The number of aliphatic hydroxyl groups excluding tert-OH is 1. The number of pyridine rings is 1. The van der Waals surface area contributed by atoms with E-state index in [0.29, 0.717) is 0 Å². The largest absolute Gasteiger partial charge is 0.392 e. The minimum absolute atomic E-state index is 0.0300. The van der Waals surface area contributed by atoms with Crippen LogP contribution in [0.1, 0.15) is 16.7 Å². The molecule has 1 aromatic heterocycles. The number of aliphatic hydroxyl groups is 1. The van der Waals surface area contributed by atoms with Gasteiger partial charge in [0.1, 0.15) is 5.82 Å². The normalized spacial score (nSPS) is 10.4. The Morgan fingerprint density at radius 2 is 1.89 bits per heavy atom. The van der Waals surface area contributed by atoms with Gasteiger partial charge in [0.15, 0.2) is 0 Å². The fourth-order valence-electron chi connectivity index (χ4n) is 2.12. The Balaban J connectivity index is 2.40. The van der Waals surface area contributed by atoms with E-state index in [1.54, 1.807) is 6.20 Å². The summed E-state index contributed by atoms with van der Waals surface area (Å²) >= 11 is 0. The summed E-state index contributed by atoms with van der Waals surface area (Å²) < 4.78 is 0. The number of aryl methyl sites for hydroxylation is 2. The van der Waals surface area contributed by atoms with Crippen LogP contribution in [0.25, 0.3) is 0 Å². The van der Waals surface area contributed by atoms with Crippen molar-refractivity contribution in [3.8, 4) is 0 Å². The van der Waals surface area contributed by atoms with E-state index < -0.39 is 0 Å². The Bertz CT molecular complexity index is 552. The number of aromatic nitrogens is 1. The molecular weight excluding hydrogens is 224 g/mol. The third kappa shape index (κ3) is 2.36. The van der Waals surface area contributed by atoms with Gasteiger partial charge >= 0.3 is 0 Å². The van der Waals surface area contributed by atoms with Crippen molar-refractivity contribution in [3.05, 3.63) is 53.2 Å². The number of anilines is 2. The first kappa shape index (κ1) is 12.6. The van der Waals surface area contributed by atoms with Gasteiger partial charge in [0.25, 0.3) is 0 Å². The Hall–Kier alpha value is -1.87. The van der Waals surface area contributed by atoms with Gasteiger partial charge in [-0.1, -0.05) is 18.2 Å². The molecule has 0 aliphatic carbocycles. The standard InChI is InChI=1S/C15H18N2O/c1-11-6-4-5-7-14(11)17(3)15-12(2)8-13(10-18)9-16-15/h4-9,18H,10H2,1-3H3. The number of nitrogens with zero attached hydrogens (tertiary/aromatic N) is 2. The summed E-state index contributed by atoms with van der Waals surface area (Å²) in [5.41, 5.74) is 4.26. The summed E-state index contributed by atoms with van der Waals surface area (Å²) in [7, 11) is 2.01. The second-order valence-corrected chi connectivity index (χ2v) is 4.49. The summed E-state index contributed by atoms with van der Waals surface area (Å²) in [6.45, 7) is 4.13. The van der Waals surface area contributed by atoms with E-state index in [0.717, 1.165) is 22.6 Å². The minimum Gasteiger partial charge on any atom is -0.392 e. The lowest BCUT2D eigenvalue weighted by atomic mass is 10.1. The Kier molecular flexibility index (Phi) is 3.63. The number of hydrogen-bond acceptors (Lipinski definition) is 3. The maximum absolute atomic E-state index is 9.10. The Morgan fingerprint density at radius 1 is 1.17 bits per heavy atom.